The monoisotopic (exact) mass is 591 g/mol. The van der Waals surface area contributed by atoms with E-state index < -0.39 is 0 Å². The summed E-state index contributed by atoms with van der Waals surface area (Å²) in [7, 11) is 9.47. The minimum atomic E-state index is 0.997. The van der Waals surface area contributed by atoms with Gasteiger partial charge in [-0.1, -0.05) is 168 Å². The first-order valence-electron chi connectivity index (χ1n) is 19.4. The molecule has 250 valence electrons. The normalized spacial score (nSPS) is 12.0. The van der Waals surface area contributed by atoms with Crippen LogP contribution in [0, 0.1) is 11.8 Å². The van der Waals surface area contributed by atoms with E-state index in [9.17, 15) is 0 Å². The van der Waals surface area contributed by atoms with Crippen LogP contribution in [0.2, 0.25) is 0 Å². The quantitative estimate of drug-likeness (QED) is 0.0415. The summed E-state index contributed by atoms with van der Waals surface area (Å²) in [5.41, 5.74) is 0. The molecule has 0 heterocycles. The maximum Gasteiger partial charge on any atom is 0.140 e. The molecule has 0 aromatic carbocycles. The first kappa shape index (κ1) is 41.5. The van der Waals surface area contributed by atoms with E-state index in [1.54, 1.807) is 0 Å². The Labute approximate surface area is 268 Å². The molecule has 0 atom stereocenters. The fourth-order valence-electron chi connectivity index (χ4n) is 6.17. The van der Waals surface area contributed by atoms with E-state index in [4.69, 9.17) is 0 Å². The number of rotatable bonds is 32. The Hall–Kier alpha value is -0.520. The van der Waals surface area contributed by atoms with Gasteiger partial charge in [-0.25, -0.2) is 0 Å². The summed E-state index contributed by atoms with van der Waals surface area (Å²) in [6.45, 7) is 9.14. The molecule has 0 aromatic rings. The Morgan fingerprint density at radius 3 is 0.690 bits per heavy atom. The molecular formula is C40H82N2+2. The third kappa shape index (κ3) is 32.4. The lowest BCUT2D eigenvalue weighted by Crippen LogP contribution is -2.42. The Kier molecular flexibility index (Phi) is 30.1. The molecule has 0 aliphatic heterocycles. The highest BCUT2D eigenvalue weighted by molar-refractivity contribution is 4.99. The molecule has 0 unspecified atom stereocenters. The lowest BCUT2D eigenvalue weighted by molar-refractivity contribution is -0.885. The zero-order valence-corrected chi connectivity index (χ0v) is 30.5. The van der Waals surface area contributed by atoms with Gasteiger partial charge in [0.05, 0.1) is 41.3 Å². The smallest absolute Gasteiger partial charge is 0.140 e. The molecule has 0 saturated heterocycles. The Morgan fingerprint density at radius 1 is 0.286 bits per heavy atom. The van der Waals surface area contributed by atoms with Crippen LogP contribution in [0.3, 0.4) is 0 Å². The number of quaternary nitrogens is 2. The van der Waals surface area contributed by atoms with Crippen LogP contribution >= 0.6 is 0 Å². The summed E-state index contributed by atoms with van der Waals surface area (Å²) in [5.74, 6) is 7.08. The van der Waals surface area contributed by atoms with Crippen LogP contribution in [0.4, 0.5) is 0 Å². The largest absolute Gasteiger partial charge is 0.318 e. The van der Waals surface area contributed by atoms with Crippen LogP contribution in [-0.4, -0.2) is 63.3 Å². The average molecular weight is 591 g/mol. The minimum Gasteiger partial charge on any atom is -0.318 e. The zero-order chi connectivity index (χ0) is 31.0. The first-order valence-corrected chi connectivity index (χ1v) is 19.4. The molecule has 0 N–H and O–H groups in total. The minimum absolute atomic E-state index is 0.997. The van der Waals surface area contributed by atoms with Gasteiger partial charge in [-0.2, -0.15) is 0 Å². The van der Waals surface area contributed by atoms with E-state index >= 15 is 0 Å². The molecule has 2 nitrogen and oxygen atoms in total. The molecular weight excluding hydrogens is 508 g/mol. The molecule has 0 aromatic heterocycles. The van der Waals surface area contributed by atoms with E-state index in [-0.39, 0.29) is 0 Å². The summed E-state index contributed by atoms with van der Waals surface area (Å²) < 4.78 is 2.11. The van der Waals surface area contributed by atoms with E-state index in [0.29, 0.717) is 0 Å². The number of hydrogen-bond donors (Lipinski definition) is 0. The van der Waals surface area contributed by atoms with Crippen molar-refractivity contribution in [2.45, 2.75) is 194 Å². The van der Waals surface area contributed by atoms with E-state index in [2.05, 4.69) is 53.9 Å². The maximum atomic E-state index is 3.54. The molecule has 42 heavy (non-hydrogen) atoms. The van der Waals surface area contributed by atoms with E-state index in [0.717, 1.165) is 22.1 Å². The predicted molar refractivity (Wildman–Crippen MR) is 192 cm³/mol. The lowest BCUT2D eigenvalue weighted by Gasteiger charge is -2.28. The number of nitrogens with zero attached hydrogens (tertiary/aromatic N) is 2. The average Bonchev–Trinajstić information content (AvgIpc) is 2.95. The van der Waals surface area contributed by atoms with Gasteiger partial charge in [0.25, 0.3) is 0 Å². The van der Waals surface area contributed by atoms with Crippen molar-refractivity contribution in [2.75, 3.05) is 54.4 Å². The highest BCUT2D eigenvalue weighted by Gasteiger charge is 2.14. The fraction of sp³-hybridized carbons (Fsp3) is 0.950. The molecule has 0 aliphatic rings. The van der Waals surface area contributed by atoms with Crippen LogP contribution in [0.25, 0.3) is 0 Å². The highest BCUT2D eigenvalue weighted by Crippen LogP contribution is 2.15. The SMILES string of the molecule is CCCCCCCCCCCCCCCC[N+](C)(C)CC#CC[N+](C)(C)CCCCCCCCCCCCCCCC. The van der Waals surface area contributed by atoms with Crippen molar-refractivity contribution in [1.29, 1.82) is 0 Å². The van der Waals surface area contributed by atoms with Crippen molar-refractivity contribution in [2.24, 2.45) is 0 Å². The molecule has 0 radical (unpaired) electrons. The molecule has 0 bridgehead atoms. The molecule has 0 fully saturated rings. The maximum absolute atomic E-state index is 3.54. The van der Waals surface area contributed by atoms with Crippen LogP contribution in [-0.2, 0) is 0 Å². The number of unbranched alkanes of at least 4 members (excludes halogenated alkanes) is 26. The third-order valence-corrected chi connectivity index (χ3v) is 9.37. The summed E-state index contributed by atoms with van der Waals surface area (Å²) in [4.78, 5) is 0. The molecule has 0 aliphatic carbocycles. The van der Waals surface area contributed by atoms with Gasteiger partial charge in [0.15, 0.2) is 0 Å². The summed E-state index contributed by atoms with van der Waals surface area (Å²) in [6.07, 6.45) is 40.2. The first-order chi connectivity index (χ1) is 20.3. The fourth-order valence-corrected chi connectivity index (χ4v) is 6.17. The van der Waals surface area contributed by atoms with Gasteiger partial charge in [0, 0.05) is 0 Å². The highest BCUT2D eigenvalue weighted by atomic mass is 15.3. The summed E-state index contributed by atoms with van der Waals surface area (Å²) in [5, 5.41) is 0. The van der Waals surface area contributed by atoms with Gasteiger partial charge < -0.3 is 8.97 Å². The van der Waals surface area contributed by atoms with Crippen molar-refractivity contribution in [3.05, 3.63) is 0 Å². The standard InChI is InChI=1S/C40H82N2/c1-7-9-11-13-15-17-19-21-23-25-27-29-31-33-37-41(3,4)39-35-36-40-42(5,6)38-34-32-30-28-26-24-22-20-18-16-14-12-10-8-2/h7-34,37-40H2,1-6H3/q+2. The van der Waals surface area contributed by atoms with Crippen LogP contribution in [0.15, 0.2) is 0 Å². The molecule has 2 heteroatoms. The molecule has 0 amide bonds. The van der Waals surface area contributed by atoms with Crippen molar-refractivity contribution in [3.63, 3.8) is 0 Å². The predicted octanol–water partition coefficient (Wildman–Crippen LogP) is 12.1. The van der Waals surface area contributed by atoms with Gasteiger partial charge >= 0.3 is 0 Å². The third-order valence-electron chi connectivity index (χ3n) is 9.37. The topological polar surface area (TPSA) is 0 Å². The second-order valence-corrected chi connectivity index (χ2v) is 15.2. The lowest BCUT2D eigenvalue weighted by atomic mass is 10.0. The van der Waals surface area contributed by atoms with Crippen molar-refractivity contribution < 1.29 is 8.97 Å². The van der Waals surface area contributed by atoms with Crippen LogP contribution in [0.1, 0.15) is 194 Å². The molecule has 0 rings (SSSR count). The summed E-state index contributed by atoms with van der Waals surface area (Å²) in [6, 6.07) is 0. The van der Waals surface area contributed by atoms with Crippen LogP contribution < -0.4 is 0 Å². The molecule has 0 saturated carbocycles. The van der Waals surface area contributed by atoms with E-state index in [1.807, 2.05) is 0 Å². The molecule has 0 spiro atoms. The second-order valence-electron chi connectivity index (χ2n) is 15.2. The van der Waals surface area contributed by atoms with Gasteiger partial charge in [0.2, 0.25) is 0 Å². The van der Waals surface area contributed by atoms with Crippen molar-refractivity contribution in [3.8, 4) is 11.8 Å². The van der Waals surface area contributed by atoms with Gasteiger partial charge in [-0.3, -0.25) is 0 Å². The van der Waals surface area contributed by atoms with Crippen molar-refractivity contribution >= 4 is 0 Å². The summed E-state index contributed by atoms with van der Waals surface area (Å²) >= 11 is 0. The van der Waals surface area contributed by atoms with Gasteiger partial charge in [0.1, 0.15) is 13.1 Å². The number of hydrogen-bond acceptors (Lipinski definition) is 0. The van der Waals surface area contributed by atoms with Crippen molar-refractivity contribution in [1.82, 2.24) is 0 Å². The Morgan fingerprint density at radius 2 is 0.476 bits per heavy atom. The zero-order valence-electron chi connectivity index (χ0n) is 30.5. The van der Waals surface area contributed by atoms with Gasteiger partial charge in [-0.15, -0.1) is 0 Å². The Bertz CT molecular complexity index is 546. The van der Waals surface area contributed by atoms with Crippen LogP contribution in [0.5, 0.6) is 0 Å². The van der Waals surface area contributed by atoms with Gasteiger partial charge in [-0.05, 0) is 37.5 Å². The second kappa shape index (κ2) is 30.5. The van der Waals surface area contributed by atoms with E-state index in [1.165, 1.54) is 193 Å². The Balaban J connectivity index is 3.61.